The number of benzene rings is 1. The summed E-state index contributed by atoms with van der Waals surface area (Å²) in [6.45, 7) is 9.38. The maximum atomic E-state index is 14.6. The number of likely N-dealkylation sites (tertiary alicyclic amines) is 1. The van der Waals surface area contributed by atoms with Crippen molar-refractivity contribution in [3.05, 3.63) is 35.9 Å². The molecular formula is C42H62N6O8. The molecule has 56 heavy (non-hydrogen) atoms. The minimum atomic E-state index is -1.16. The van der Waals surface area contributed by atoms with Crippen molar-refractivity contribution in [2.75, 3.05) is 27.2 Å². The normalized spacial score (nSPS) is 23.5. The number of hydrogen-bond acceptors (Lipinski definition) is 8. The van der Waals surface area contributed by atoms with E-state index in [2.05, 4.69) is 35.1 Å². The van der Waals surface area contributed by atoms with Gasteiger partial charge in [-0.25, -0.2) is 4.79 Å². The SMILES string of the molecule is CN(C)C(=O)[C@@H](NC(=O)CNC(=O)C(=O)C(CC1CC1)NC(=O)[C@@H]1[C@H]2CC(C)(C)C[C@H]2CN1C(=O)[C@@H](NC(=O)OC(C)(C)C)C1CCCCC1)c1ccccc1. The minimum absolute atomic E-state index is 0.0525. The molecule has 3 aliphatic carbocycles. The highest BCUT2D eigenvalue weighted by atomic mass is 16.6. The average molecular weight is 779 g/mol. The van der Waals surface area contributed by atoms with Crippen molar-refractivity contribution in [1.82, 2.24) is 31.1 Å². The van der Waals surface area contributed by atoms with Crippen LogP contribution < -0.4 is 21.3 Å². The first-order valence-corrected chi connectivity index (χ1v) is 20.3. The van der Waals surface area contributed by atoms with Gasteiger partial charge in [0.2, 0.25) is 29.4 Å². The second kappa shape index (κ2) is 17.8. The van der Waals surface area contributed by atoms with Crippen LogP contribution in [0.5, 0.6) is 0 Å². The van der Waals surface area contributed by atoms with Crippen LogP contribution in [0.15, 0.2) is 30.3 Å². The van der Waals surface area contributed by atoms with Crippen molar-refractivity contribution in [2.24, 2.45) is 29.1 Å². The molecule has 0 bridgehead atoms. The summed E-state index contributed by atoms with van der Waals surface area (Å²) in [5.41, 5.74) is -0.259. The zero-order chi connectivity index (χ0) is 40.9. The van der Waals surface area contributed by atoms with Crippen molar-refractivity contribution in [3.8, 4) is 0 Å². The fourth-order valence-electron chi connectivity index (χ4n) is 8.93. The highest BCUT2D eigenvalue weighted by molar-refractivity contribution is 6.38. The number of hydrogen-bond donors (Lipinski definition) is 4. The monoisotopic (exact) mass is 778 g/mol. The number of rotatable bonds is 14. The molecule has 4 fully saturated rings. The number of ketones is 1. The highest BCUT2D eigenvalue weighted by Crippen LogP contribution is 2.51. The van der Waals surface area contributed by atoms with E-state index in [0.29, 0.717) is 18.5 Å². The van der Waals surface area contributed by atoms with Gasteiger partial charge in [-0.3, -0.25) is 28.8 Å². The summed E-state index contributed by atoms with van der Waals surface area (Å²) in [6, 6.07) is 4.78. The lowest BCUT2D eigenvalue weighted by atomic mass is 9.83. The number of Topliss-reactive ketones (excluding diaryl/α,β-unsaturated/α-hetero) is 1. The summed E-state index contributed by atoms with van der Waals surface area (Å²) < 4.78 is 5.57. The number of ether oxygens (including phenoxy) is 1. The van der Waals surface area contributed by atoms with E-state index in [1.165, 1.54) is 4.90 Å². The average Bonchev–Trinajstić information content (AvgIpc) is 3.82. The molecule has 0 radical (unpaired) electrons. The van der Waals surface area contributed by atoms with Gasteiger partial charge in [-0.1, -0.05) is 76.3 Å². The van der Waals surface area contributed by atoms with Crippen molar-refractivity contribution >= 4 is 41.4 Å². The van der Waals surface area contributed by atoms with E-state index in [4.69, 9.17) is 4.74 Å². The quantitative estimate of drug-likeness (QED) is 0.207. The standard InChI is InChI=1S/C42H62N6O8/c1-41(2,3)56-40(55)46-33(27-16-12-9-13-17-27)39(54)48-24-28-21-42(4,5)22-29(28)34(48)36(51)44-30(20-25-18-19-25)35(50)37(52)43-23-31(49)45-32(38(53)47(6)7)26-14-10-8-11-15-26/h8,10-11,14-15,25,27-30,32-34H,9,12-13,16-24H2,1-7H3,(H,43,52)(H,44,51)(H,45,49)(H,46,55)/t28-,29-,30?,32-,33-,34-/m0/s1. The summed E-state index contributed by atoms with van der Waals surface area (Å²) in [4.78, 5) is 98.2. The maximum Gasteiger partial charge on any atom is 0.408 e. The van der Waals surface area contributed by atoms with Crippen molar-refractivity contribution in [1.29, 1.82) is 0 Å². The van der Waals surface area contributed by atoms with Gasteiger partial charge < -0.3 is 35.8 Å². The van der Waals surface area contributed by atoms with Gasteiger partial charge in [-0.2, -0.15) is 0 Å². The van der Waals surface area contributed by atoms with E-state index in [0.717, 1.165) is 51.4 Å². The van der Waals surface area contributed by atoms with Gasteiger partial charge in [0, 0.05) is 20.6 Å². The summed E-state index contributed by atoms with van der Waals surface area (Å²) in [5.74, 6) is -3.84. The van der Waals surface area contributed by atoms with E-state index in [9.17, 15) is 33.6 Å². The van der Waals surface area contributed by atoms with Gasteiger partial charge in [-0.05, 0) is 87.5 Å². The topological polar surface area (TPSA) is 183 Å². The molecule has 1 heterocycles. The molecular weight excluding hydrogens is 716 g/mol. The van der Waals surface area contributed by atoms with Gasteiger partial charge in [0.15, 0.2) is 0 Å². The fraction of sp³-hybridized carbons (Fsp3) is 0.690. The van der Waals surface area contributed by atoms with Gasteiger partial charge in [0.25, 0.3) is 5.91 Å². The van der Waals surface area contributed by atoms with Gasteiger partial charge in [-0.15, -0.1) is 0 Å². The van der Waals surface area contributed by atoms with Crippen LogP contribution in [0.2, 0.25) is 0 Å². The molecule has 14 nitrogen and oxygen atoms in total. The molecule has 6 atom stereocenters. The van der Waals surface area contributed by atoms with Crippen molar-refractivity contribution in [3.63, 3.8) is 0 Å². The molecule has 3 saturated carbocycles. The summed E-state index contributed by atoms with van der Waals surface area (Å²) in [7, 11) is 3.15. The minimum Gasteiger partial charge on any atom is -0.444 e. The molecule has 1 saturated heterocycles. The van der Waals surface area contributed by atoms with Crippen LogP contribution in [-0.2, 0) is 33.5 Å². The van der Waals surface area contributed by atoms with Crippen LogP contribution in [0.3, 0.4) is 0 Å². The molecule has 4 N–H and O–H groups in total. The van der Waals surface area contributed by atoms with E-state index < -0.39 is 65.9 Å². The van der Waals surface area contributed by atoms with Crippen LogP contribution in [0.1, 0.15) is 110 Å². The molecule has 14 heteroatoms. The summed E-state index contributed by atoms with van der Waals surface area (Å²) in [6.07, 6.45) is 7.25. The number of alkyl carbamates (subject to hydrolysis) is 1. The molecule has 1 aromatic carbocycles. The molecule has 6 amide bonds. The Kier molecular flexibility index (Phi) is 13.5. The van der Waals surface area contributed by atoms with E-state index in [-0.39, 0.29) is 47.3 Å². The molecule has 308 valence electrons. The van der Waals surface area contributed by atoms with E-state index in [1.54, 1.807) is 70.1 Å². The summed E-state index contributed by atoms with van der Waals surface area (Å²) >= 11 is 0. The lowest BCUT2D eigenvalue weighted by Crippen LogP contribution is -2.59. The number of amides is 6. The molecule has 1 aliphatic heterocycles. The third-order valence-electron chi connectivity index (χ3n) is 11.7. The second-order valence-electron chi connectivity index (χ2n) is 18.4. The lowest BCUT2D eigenvalue weighted by molar-refractivity contribution is -0.144. The molecule has 5 rings (SSSR count). The highest BCUT2D eigenvalue weighted by Gasteiger charge is 2.55. The Hall–Kier alpha value is -4.49. The largest absolute Gasteiger partial charge is 0.444 e. The number of carbonyl (C=O) groups excluding carboxylic acids is 7. The Balaban J connectivity index is 1.31. The third-order valence-corrected chi connectivity index (χ3v) is 11.7. The van der Waals surface area contributed by atoms with Crippen molar-refractivity contribution < 1.29 is 38.3 Å². The Morgan fingerprint density at radius 3 is 2.16 bits per heavy atom. The first kappa shape index (κ1) is 42.6. The Bertz CT molecular complexity index is 1630. The smallest absolute Gasteiger partial charge is 0.408 e. The Morgan fingerprint density at radius 2 is 1.55 bits per heavy atom. The van der Waals surface area contributed by atoms with Gasteiger partial charge in [0.05, 0.1) is 12.6 Å². The predicted molar refractivity (Wildman–Crippen MR) is 209 cm³/mol. The predicted octanol–water partition coefficient (Wildman–Crippen LogP) is 3.64. The van der Waals surface area contributed by atoms with Crippen LogP contribution in [-0.4, -0.2) is 102 Å². The zero-order valence-electron chi connectivity index (χ0n) is 34.2. The first-order chi connectivity index (χ1) is 26.3. The van der Waals surface area contributed by atoms with Crippen LogP contribution in [0, 0.1) is 29.1 Å². The van der Waals surface area contributed by atoms with Crippen LogP contribution in [0.25, 0.3) is 0 Å². The number of carbonyl (C=O) groups is 7. The fourth-order valence-corrected chi connectivity index (χ4v) is 8.93. The van der Waals surface area contributed by atoms with Gasteiger partial charge >= 0.3 is 6.09 Å². The second-order valence-corrected chi connectivity index (χ2v) is 18.4. The number of nitrogens with one attached hydrogen (secondary N) is 4. The van der Waals surface area contributed by atoms with E-state index >= 15 is 0 Å². The Morgan fingerprint density at radius 1 is 0.893 bits per heavy atom. The number of likely N-dealkylation sites (N-methyl/N-ethyl adjacent to an activating group) is 1. The molecule has 1 aromatic rings. The molecule has 1 unspecified atom stereocenters. The molecule has 4 aliphatic rings. The maximum absolute atomic E-state index is 14.6. The van der Waals surface area contributed by atoms with Gasteiger partial charge in [0.1, 0.15) is 23.7 Å². The molecule has 0 aromatic heterocycles. The zero-order valence-corrected chi connectivity index (χ0v) is 34.2. The Labute approximate surface area is 331 Å². The third kappa shape index (κ3) is 11.1. The molecule has 0 spiro atoms. The lowest BCUT2D eigenvalue weighted by Gasteiger charge is -2.36. The summed E-state index contributed by atoms with van der Waals surface area (Å²) in [5, 5.41) is 10.8. The number of fused-ring (bicyclic) bond motifs is 1. The van der Waals surface area contributed by atoms with Crippen LogP contribution in [0.4, 0.5) is 4.79 Å². The van der Waals surface area contributed by atoms with Crippen LogP contribution >= 0.6 is 0 Å². The van der Waals surface area contributed by atoms with E-state index in [1.807, 2.05) is 0 Å². The van der Waals surface area contributed by atoms with Crippen molar-refractivity contribution in [2.45, 2.75) is 129 Å². The number of nitrogens with zero attached hydrogens (tertiary/aromatic N) is 2. The first-order valence-electron chi connectivity index (χ1n) is 20.3.